The van der Waals surface area contributed by atoms with E-state index in [0.717, 1.165) is 37.8 Å². The van der Waals surface area contributed by atoms with Crippen molar-refractivity contribution < 1.29 is 22.5 Å². The first kappa shape index (κ1) is 16.7. The quantitative estimate of drug-likeness (QED) is 0.319. The standard InChI is InChI=1S/C14H20O5S/c1-2-3-4-5-6-7-14(15)19-12-8-10-13(11-9-12)20(16,17)18/h8-11H,2-7H2,1H3,(H,16,17,18)/p-1. The maximum absolute atomic E-state index is 11.5. The molecule has 0 N–H and O–H groups in total. The fourth-order valence-corrected chi connectivity index (χ4v) is 2.20. The Balaban J connectivity index is 2.39. The first-order valence-corrected chi connectivity index (χ1v) is 8.11. The van der Waals surface area contributed by atoms with Crippen molar-refractivity contribution >= 4 is 16.1 Å². The summed E-state index contributed by atoms with van der Waals surface area (Å²) in [5.41, 5.74) is 0. The zero-order chi connectivity index (χ0) is 15.0. The van der Waals surface area contributed by atoms with Crippen LogP contribution in [0.4, 0.5) is 0 Å². The van der Waals surface area contributed by atoms with Crippen LogP contribution in [0.1, 0.15) is 45.4 Å². The lowest BCUT2D eigenvalue weighted by molar-refractivity contribution is -0.134. The average Bonchev–Trinajstić information content (AvgIpc) is 2.38. The van der Waals surface area contributed by atoms with Gasteiger partial charge in [0.1, 0.15) is 15.9 Å². The minimum atomic E-state index is -4.46. The van der Waals surface area contributed by atoms with Gasteiger partial charge < -0.3 is 9.29 Å². The maximum atomic E-state index is 11.5. The third-order valence-electron chi connectivity index (χ3n) is 2.83. The number of benzene rings is 1. The van der Waals surface area contributed by atoms with E-state index in [1.807, 2.05) is 0 Å². The summed E-state index contributed by atoms with van der Waals surface area (Å²) in [5.74, 6) is -0.102. The number of unbranched alkanes of at least 4 members (excludes halogenated alkanes) is 4. The lowest BCUT2D eigenvalue weighted by Crippen LogP contribution is -2.07. The fourth-order valence-electron chi connectivity index (χ4n) is 1.73. The molecule has 1 rings (SSSR count). The Morgan fingerprint density at radius 1 is 1.10 bits per heavy atom. The van der Waals surface area contributed by atoms with Crippen molar-refractivity contribution in [1.82, 2.24) is 0 Å². The molecule has 0 aliphatic heterocycles. The molecule has 0 heterocycles. The van der Waals surface area contributed by atoms with E-state index in [9.17, 15) is 17.8 Å². The largest absolute Gasteiger partial charge is 0.744 e. The smallest absolute Gasteiger partial charge is 0.311 e. The SMILES string of the molecule is CCCCCCCC(=O)Oc1ccc(S(=O)(=O)[O-])cc1. The zero-order valence-corrected chi connectivity index (χ0v) is 12.3. The molecule has 0 aliphatic rings. The summed E-state index contributed by atoms with van der Waals surface area (Å²) in [6, 6.07) is 4.87. The molecule has 0 fully saturated rings. The summed E-state index contributed by atoms with van der Waals surface area (Å²) >= 11 is 0. The van der Waals surface area contributed by atoms with Gasteiger partial charge in [-0.2, -0.15) is 0 Å². The Hall–Kier alpha value is -1.40. The van der Waals surface area contributed by atoms with Crippen LogP contribution in [0.5, 0.6) is 5.75 Å². The minimum Gasteiger partial charge on any atom is -0.744 e. The number of rotatable bonds is 8. The molecule has 1 aromatic carbocycles. The van der Waals surface area contributed by atoms with Crippen LogP contribution in [-0.2, 0) is 14.9 Å². The normalized spacial score (nSPS) is 11.3. The maximum Gasteiger partial charge on any atom is 0.311 e. The van der Waals surface area contributed by atoms with Crippen LogP contribution in [0.15, 0.2) is 29.2 Å². The van der Waals surface area contributed by atoms with Gasteiger partial charge in [0.2, 0.25) is 0 Å². The van der Waals surface area contributed by atoms with Gasteiger partial charge in [-0.25, -0.2) is 8.42 Å². The number of carbonyl (C=O) groups is 1. The van der Waals surface area contributed by atoms with Crippen LogP contribution in [0.25, 0.3) is 0 Å². The second-order valence-corrected chi connectivity index (χ2v) is 5.94. The number of carbonyl (C=O) groups excluding carboxylic acids is 1. The Morgan fingerprint density at radius 3 is 2.25 bits per heavy atom. The summed E-state index contributed by atoms with van der Waals surface area (Å²) in [6.45, 7) is 2.13. The lowest BCUT2D eigenvalue weighted by atomic mass is 10.1. The summed E-state index contributed by atoms with van der Waals surface area (Å²) < 4.78 is 37.2. The molecular formula is C14H19O5S-. The van der Waals surface area contributed by atoms with Gasteiger partial charge in [-0.05, 0) is 30.7 Å². The summed E-state index contributed by atoms with van der Waals surface area (Å²) in [4.78, 5) is 11.2. The molecule has 0 radical (unpaired) electrons. The monoisotopic (exact) mass is 299 g/mol. The van der Waals surface area contributed by atoms with Crippen molar-refractivity contribution in [1.29, 1.82) is 0 Å². The molecule has 0 saturated heterocycles. The molecule has 112 valence electrons. The van der Waals surface area contributed by atoms with E-state index in [-0.39, 0.29) is 16.6 Å². The van der Waals surface area contributed by atoms with E-state index < -0.39 is 10.1 Å². The molecular weight excluding hydrogens is 280 g/mol. The van der Waals surface area contributed by atoms with Gasteiger partial charge in [0.15, 0.2) is 0 Å². The molecule has 0 atom stereocenters. The lowest BCUT2D eigenvalue weighted by Gasteiger charge is -2.08. The van der Waals surface area contributed by atoms with Gasteiger partial charge in [0.05, 0.1) is 4.90 Å². The van der Waals surface area contributed by atoms with Crippen LogP contribution in [0.2, 0.25) is 0 Å². The predicted octanol–water partition coefficient (Wildman–Crippen LogP) is 2.86. The van der Waals surface area contributed by atoms with Crippen molar-refractivity contribution in [3.63, 3.8) is 0 Å². The van der Waals surface area contributed by atoms with Crippen molar-refractivity contribution in [3.8, 4) is 5.75 Å². The van der Waals surface area contributed by atoms with E-state index in [1.54, 1.807) is 0 Å². The first-order valence-electron chi connectivity index (χ1n) is 6.70. The highest BCUT2D eigenvalue weighted by atomic mass is 32.2. The summed E-state index contributed by atoms with van der Waals surface area (Å²) in [5, 5.41) is 0. The van der Waals surface area contributed by atoms with E-state index in [1.165, 1.54) is 18.6 Å². The highest BCUT2D eigenvalue weighted by Gasteiger charge is 2.06. The molecule has 6 heteroatoms. The van der Waals surface area contributed by atoms with Crippen LogP contribution in [-0.4, -0.2) is 18.9 Å². The van der Waals surface area contributed by atoms with Gasteiger partial charge in [-0.1, -0.05) is 32.6 Å². The van der Waals surface area contributed by atoms with Crippen LogP contribution >= 0.6 is 0 Å². The third-order valence-corrected chi connectivity index (χ3v) is 3.68. The molecule has 0 amide bonds. The minimum absolute atomic E-state index is 0.246. The zero-order valence-electron chi connectivity index (χ0n) is 11.5. The molecule has 5 nitrogen and oxygen atoms in total. The fraction of sp³-hybridized carbons (Fsp3) is 0.500. The van der Waals surface area contributed by atoms with Crippen LogP contribution in [0.3, 0.4) is 0 Å². The van der Waals surface area contributed by atoms with Crippen LogP contribution in [0, 0.1) is 0 Å². The Labute approximate surface area is 119 Å². The first-order chi connectivity index (χ1) is 9.43. The van der Waals surface area contributed by atoms with Gasteiger partial charge >= 0.3 is 5.97 Å². The van der Waals surface area contributed by atoms with E-state index >= 15 is 0 Å². The topological polar surface area (TPSA) is 83.5 Å². The molecule has 0 unspecified atom stereocenters. The van der Waals surface area contributed by atoms with Gasteiger partial charge in [0.25, 0.3) is 0 Å². The Kier molecular flexibility index (Phi) is 6.67. The van der Waals surface area contributed by atoms with E-state index in [2.05, 4.69) is 6.92 Å². The Bertz CT molecular complexity index is 519. The van der Waals surface area contributed by atoms with E-state index in [4.69, 9.17) is 4.74 Å². The molecule has 0 saturated carbocycles. The third kappa shape index (κ3) is 6.16. The number of esters is 1. The second-order valence-electron chi connectivity index (χ2n) is 4.56. The second kappa shape index (κ2) is 8.01. The average molecular weight is 299 g/mol. The molecule has 0 aliphatic carbocycles. The van der Waals surface area contributed by atoms with Crippen molar-refractivity contribution in [2.24, 2.45) is 0 Å². The number of ether oxygens (including phenoxy) is 1. The number of hydrogen-bond donors (Lipinski definition) is 0. The Morgan fingerprint density at radius 2 is 1.70 bits per heavy atom. The molecule has 0 spiro atoms. The van der Waals surface area contributed by atoms with Crippen LogP contribution < -0.4 is 4.74 Å². The molecule has 20 heavy (non-hydrogen) atoms. The highest BCUT2D eigenvalue weighted by molar-refractivity contribution is 7.85. The molecule has 0 aromatic heterocycles. The molecule has 1 aromatic rings. The van der Waals surface area contributed by atoms with Gasteiger partial charge in [-0.15, -0.1) is 0 Å². The number of hydrogen-bond acceptors (Lipinski definition) is 5. The van der Waals surface area contributed by atoms with Crippen molar-refractivity contribution in [2.75, 3.05) is 0 Å². The van der Waals surface area contributed by atoms with Crippen molar-refractivity contribution in [2.45, 2.75) is 50.3 Å². The van der Waals surface area contributed by atoms with Crippen molar-refractivity contribution in [3.05, 3.63) is 24.3 Å². The predicted molar refractivity (Wildman–Crippen MR) is 73.4 cm³/mol. The van der Waals surface area contributed by atoms with Gasteiger partial charge in [0, 0.05) is 6.42 Å². The highest BCUT2D eigenvalue weighted by Crippen LogP contribution is 2.16. The van der Waals surface area contributed by atoms with Gasteiger partial charge in [-0.3, -0.25) is 4.79 Å². The van der Waals surface area contributed by atoms with E-state index in [0.29, 0.717) is 6.42 Å². The molecule has 0 bridgehead atoms. The summed E-state index contributed by atoms with van der Waals surface area (Å²) in [7, 11) is -4.46. The summed E-state index contributed by atoms with van der Waals surface area (Å²) in [6.07, 6.45) is 5.55.